The second-order valence-corrected chi connectivity index (χ2v) is 8.71. The number of benzene rings is 1. The van der Waals surface area contributed by atoms with E-state index in [9.17, 15) is 9.90 Å². The number of nitrogens with one attached hydrogen (secondary N) is 2. The lowest BCUT2D eigenvalue weighted by atomic mass is 10.0. The third kappa shape index (κ3) is 6.33. The van der Waals surface area contributed by atoms with Crippen LogP contribution in [0.5, 0.6) is 5.75 Å². The molecule has 1 amide bonds. The zero-order chi connectivity index (χ0) is 23.5. The van der Waals surface area contributed by atoms with Crippen molar-refractivity contribution in [2.24, 2.45) is 22.9 Å². The number of phenolic OH excluding ortho intramolecular Hbond substituents is 1. The SMILES string of the molecule is Cl.N[C@@H]1C[C@H](N)CN(c2nc(NNC(=O)c3ccc(O)cc3)nc(N3C[C@H](N)C[C@H](N)C3)n2)C1. The molecule has 11 N–H and O–H groups in total. The second kappa shape index (κ2) is 11.0. The number of hydrazine groups is 1. The average Bonchev–Trinajstić information content (AvgIpc) is 2.76. The van der Waals surface area contributed by atoms with Gasteiger partial charge in [0.15, 0.2) is 0 Å². The van der Waals surface area contributed by atoms with Gasteiger partial charge in [0.2, 0.25) is 17.8 Å². The van der Waals surface area contributed by atoms with Crippen LogP contribution < -0.4 is 43.6 Å². The number of carbonyl (C=O) groups is 1. The highest BCUT2D eigenvalue weighted by Gasteiger charge is 2.28. The number of piperidine rings is 2. The normalized spacial score (nSPS) is 24.8. The number of aromatic hydroxyl groups is 1. The van der Waals surface area contributed by atoms with Gasteiger partial charge in [0.05, 0.1) is 0 Å². The van der Waals surface area contributed by atoms with Crippen LogP contribution in [0.15, 0.2) is 24.3 Å². The first kappa shape index (κ1) is 25.6. The summed E-state index contributed by atoms with van der Waals surface area (Å²) in [5.74, 6) is 0.617. The van der Waals surface area contributed by atoms with Crippen LogP contribution in [-0.4, -0.2) is 76.3 Å². The molecule has 0 radical (unpaired) electrons. The van der Waals surface area contributed by atoms with Gasteiger partial charge in [-0.05, 0) is 37.1 Å². The summed E-state index contributed by atoms with van der Waals surface area (Å²) in [5, 5.41) is 9.41. The van der Waals surface area contributed by atoms with Gasteiger partial charge in [-0.1, -0.05) is 0 Å². The molecule has 2 saturated heterocycles. The molecule has 2 aliphatic heterocycles. The maximum atomic E-state index is 12.5. The fraction of sp³-hybridized carbons (Fsp3) is 0.500. The zero-order valence-corrected chi connectivity index (χ0v) is 19.5. The van der Waals surface area contributed by atoms with Gasteiger partial charge in [0.1, 0.15) is 5.75 Å². The van der Waals surface area contributed by atoms with E-state index in [4.69, 9.17) is 22.9 Å². The molecule has 34 heavy (non-hydrogen) atoms. The number of anilines is 3. The number of phenols is 1. The predicted molar refractivity (Wildman–Crippen MR) is 132 cm³/mol. The van der Waals surface area contributed by atoms with Gasteiger partial charge >= 0.3 is 0 Å². The topological polar surface area (TPSA) is 211 Å². The Morgan fingerprint density at radius 2 is 1.26 bits per heavy atom. The fourth-order valence-electron chi connectivity index (χ4n) is 4.17. The van der Waals surface area contributed by atoms with Gasteiger partial charge < -0.3 is 37.8 Å². The number of amides is 1. The summed E-state index contributed by atoms with van der Waals surface area (Å²) in [6, 6.07) is 5.47. The molecule has 0 spiro atoms. The van der Waals surface area contributed by atoms with Crippen molar-refractivity contribution in [2.75, 3.05) is 41.4 Å². The number of hydrogen-bond acceptors (Lipinski definition) is 12. The van der Waals surface area contributed by atoms with E-state index in [0.29, 0.717) is 43.6 Å². The molecule has 2 aromatic rings. The molecular weight excluding hydrogens is 462 g/mol. The second-order valence-electron chi connectivity index (χ2n) is 8.71. The van der Waals surface area contributed by atoms with E-state index in [1.54, 1.807) is 0 Å². The Labute approximate surface area is 203 Å². The molecule has 3 heterocycles. The quantitative estimate of drug-likeness (QED) is 0.237. The number of hydrogen-bond donors (Lipinski definition) is 7. The van der Waals surface area contributed by atoms with E-state index in [1.165, 1.54) is 24.3 Å². The van der Waals surface area contributed by atoms with Crippen molar-refractivity contribution in [1.82, 2.24) is 20.4 Å². The van der Waals surface area contributed by atoms with E-state index in [0.717, 1.165) is 12.8 Å². The maximum Gasteiger partial charge on any atom is 0.269 e. The molecule has 13 nitrogen and oxygen atoms in total. The maximum absolute atomic E-state index is 12.5. The van der Waals surface area contributed by atoms with Gasteiger partial charge in [-0.25, -0.2) is 0 Å². The van der Waals surface area contributed by atoms with Gasteiger partial charge in [-0.3, -0.25) is 15.6 Å². The van der Waals surface area contributed by atoms with E-state index in [-0.39, 0.29) is 48.3 Å². The van der Waals surface area contributed by atoms with Crippen molar-refractivity contribution in [3.05, 3.63) is 29.8 Å². The fourth-order valence-corrected chi connectivity index (χ4v) is 4.17. The number of carbonyl (C=O) groups excluding carboxylic acids is 1. The Balaban J connectivity index is 0.00000324. The lowest BCUT2D eigenvalue weighted by Gasteiger charge is -2.36. The Bertz CT molecular complexity index is 915. The third-order valence-electron chi connectivity index (χ3n) is 5.63. The molecular formula is C20H32ClN11O2. The molecule has 2 fully saturated rings. The Morgan fingerprint density at radius 1 is 0.824 bits per heavy atom. The number of aromatic nitrogens is 3. The summed E-state index contributed by atoms with van der Waals surface area (Å²) in [4.78, 5) is 29.9. The Kier molecular flexibility index (Phi) is 8.28. The molecule has 0 bridgehead atoms. The van der Waals surface area contributed by atoms with Crippen molar-refractivity contribution < 1.29 is 9.90 Å². The highest BCUT2D eigenvalue weighted by atomic mass is 35.5. The minimum absolute atomic E-state index is 0. The number of nitrogens with two attached hydrogens (primary N) is 4. The van der Waals surface area contributed by atoms with Crippen LogP contribution in [-0.2, 0) is 0 Å². The summed E-state index contributed by atoms with van der Waals surface area (Å²) in [7, 11) is 0. The molecule has 2 aliphatic rings. The summed E-state index contributed by atoms with van der Waals surface area (Å²) < 4.78 is 0. The van der Waals surface area contributed by atoms with E-state index in [1.807, 2.05) is 9.80 Å². The minimum Gasteiger partial charge on any atom is -0.508 e. The van der Waals surface area contributed by atoms with Crippen LogP contribution in [0, 0.1) is 0 Å². The molecule has 1 aromatic heterocycles. The van der Waals surface area contributed by atoms with Crippen LogP contribution in [0.4, 0.5) is 17.8 Å². The highest BCUT2D eigenvalue weighted by molar-refractivity contribution is 5.94. The monoisotopic (exact) mass is 493 g/mol. The molecule has 0 unspecified atom stereocenters. The van der Waals surface area contributed by atoms with Crippen molar-refractivity contribution in [1.29, 1.82) is 0 Å². The van der Waals surface area contributed by atoms with E-state index >= 15 is 0 Å². The highest BCUT2D eigenvalue weighted by Crippen LogP contribution is 2.22. The molecule has 1 aromatic carbocycles. The summed E-state index contributed by atoms with van der Waals surface area (Å²) in [5.41, 5.74) is 30.3. The predicted octanol–water partition coefficient (Wildman–Crippen LogP) is -1.51. The van der Waals surface area contributed by atoms with Gasteiger partial charge in [0, 0.05) is 55.9 Å². The van der Waals surface area contributed by atoms with Gasteiger partial charge in [-0.15, -0.1) is 12.4 Å². The van der Waals surface area contributed by atoms with Gasteiger partial charge in [-0.2, -0.15) is 15.0 Å². The number of halogens is 1. The zero-order valence-electron chi connectivity index (χ0n) is 18.7. The van der Waals surface area contributed by atoms with Crippen LogP contribution >= 0.6 is 12.4 Å². The third-order valence-corrected chi connectivity index (χ3v) is 5.63. The molecule has 4 rings (SSSR count). The largest absolute Gasteiger partial charge is 0.508 e. The number of nitrogens with zero attached hydrogens (tertiary/aromatic N) is 5. The lowest BCUT2D eigenvalue weighted by molar-refractivity contribution is 0.0962. The Morgan fingerprint density at radius 3 is 1.71 bits per heavy atom. The smallest absolute Gasteiger partial charge is 0.269 e. The first-order valence-electron chi connectivity index (χ1n) is 10.9. The molecule has 14 heteroatoms. The molecule has 186 valence electrons. The molecule has 0 saturated carbocycles. The van der Waals surface area contributed by atoms with Crippen molar-refractivity contribution in [2.45, 2.75) is 37.0 Å². The number of rotatable bonds is 5. The summed E-state index contributed by atoms with van der Waals surface area (Å²) in [6.45, 7) is 2.20. The summed E-state index contributed by atoms with van der Waals surface area (Å²) in [6.07, 6.45) is 1.44. The average molecular weight is 494 g/mol. The lowest BCUT2D eigenvalue weighted by Crippen LogP contribution is -2.54. The molecule has 4 atom stereocenters. The van der Waals surface area contributed by atoms with E-state index < -0.39 is 5.91 Å². The Hall–Kier alpha value is -2.97. The van der Waals surface area contributed by atoms with Crippen LogP contribution in [0.25, 0.3) is 0 Å². The standard InChI is InChI=1S/C20H31N11O2.ClH/c21-12-5-13(22)8-30(7-12)19-25-18(29-28-17(33)11-1-3-16(32)4-2-11)26-20(27-19)31-9-14(23)6-15(24)10-31;/h1-4,12-15,32H,5-10,21-24H2,(H,28,33)(H,25,26,27,29);1H/t12-,13+,14-,15+;. The van der Waals surface area contributed by atoms with Crippen molar-refractivity contribution in [3.8, 4) is 5.75 Å². The van der Waals surface area contributed by atoms with E-state index in [2.05, 4.69) is 25.8 Å². The summed E-state index contributed by atoms with van der Waals surface area (Å²) >= 11 is 0. The molecule has 0 aliphatic carbocycles. The first-order chi connectivity index (χ1) is 15.8. The van der Waals surface area contributed by atoms with Crippen LogP contribution in [0.1, 0.15) is 23.2 Å². The van der Waals surface area contributed by atoms with Crippen molar-refractivity contribution >= 4 is 36.2 Å². The minimum atomic E-state index is -0.414. The van der Waals surface area contributed by atoms with Crippen LogP contribution in [0.3, 0.4) is 0 Å². The van der Waals surface area contributed by atoms with Crippen LogP contribution in [0.2, 0.25) is 0 Å². The first-order valence-corrected chi connectivity index (χ1v) is 10.9. The van der Waals surface area contributed by atoms with Crippen molar-refractivity contribution in [3.63, 3.8) is 0 Å². The van der Waals surface area contributed by atoms with Gasteiger partial charge in [0.25, 0.3) is 5.91 Å².